The first kappa shape index (κ1) is 7.73. The fraction of sp³-hybridized carbons (Fsp3) is 0. The summed E-state index contributed by atoms with van der Waals surface area (Å²) in [7, 11) is 0. The summed E-state index contributed by atoms with van der Waals surface area (Å²) in [4.78, 5) is 2.80. The van der Waals surface area contributed by atoms with Crippen molar-refractivity contribution in [3.05, 3.63) is 34.4 Å². The molecule has 1 N–H and O–H groups in total. The Morgan fingerprint density at radius 3 is 2.58 bits per heavy atom. The van der Waals surface area contributed by atoms with Crippen LogP contribution in [0.1, 0.15) is 0 Å². The van der Waals surface area contributed by atoms with Crippen LogP contribution < -0.4 is 0 Å². The molecule has 2 rings (SSSR count). The van der Waals surface area contributed by atoms with Crippen molar-refractivity contribution < 1.29 is 8.78 Å². The van der Waals surface area contributed by atoms with Crippen LogP contribution in [0.4, 0.5) is 8.78 Å². The lowest BCUT2D eigenvalue weighted by atomic mass is 10.2. The molecule has 0 saturated heterocycles. The third kappa shape index (κ3) is 1.03. The van der Waals surface area contributed by atoms with Crippen molar-refractivity contribution in [1.29, 1.82) is 0 Å². The summed E-state index contributed by atoms with van der Waals surface area (Å²) in [5.41, 5.74) is 0.584. The zero-order valence-electron chi connectivity index (χ0n) is 5.87. The van der Waals surface area contributed by atoms with Gasteiger partial charge < -0.3 is 4.98 Å². The van der Waals surface area contributed by atoms with Crippen LogP contribution in [0.2, 0.25) is 0 Å². The van der Waals surface area contributed by atoms with Crippen molar-refractivity contribution in [2.24, 2.45) is 0 Å². The van der Waals surface area contributed by atoms with E-state index in [0.29, 0.717) is 10.9 Å². The van der Waals surface area contributed by atoms with E-state index < -0.39 is 11.6 Å². The molecule has 0 spiro atoms. The van der Waals surface area contributed by atoms with Gasteiger partial charge in [-0.2, -0.15) is 0 Å². The van der Waals surface area contributed by atoms with Crippen LogP contribution in [0.15, 0.2) is 22.8 Å². The summed E-state index contributed by atoms with van der Waals surface area (Å²) in [6.07, 6.45) is 1.64. The Morgan fingerprint density at radius 1 is 1.17 bits per heavy atom. The second-order valence-corrected chi connectivity index (χ2v) is 3.30. The molecule has 0 fully saturated rings. The molecule has 0 radical (unpaired) electrons. The Balaban J connectivity index is 2.87. The molecular weight excluding hydrogens is 228 g/mol. The maximum Gasteiger partial charge on any atom is 0.160 e. The number of benzene rings is 1. The minimum Gasteiger partial charge on any atom is -0.360 e. The molecule has 12 heavy (non-hydrogen) atoms. The third-order valence-electron chi connectivity index (χ3n) is 1.67. The first-order valence-corrected chi connectivity index (χ1v) is 4.09. The highest BCUT2D eigenvalue weighted by atomic mass is 79.9. The van der Waals surface area contributed by atoms with Gasteiger partial charge in [-0.25, -0.2) is 8.78 Å². The second kappa shape index (κ2) is 2.55. The van der Waals surface area contributed by atoms with Crippen molar-refractivity contribution in [2.45, 2.75) is 0 Å². The molecule has 1 nitrogen and oxygen atoms in total. The lowest BCUT2D eigenvalue weighted by Crippen LogP contribution is -1.82. The number of H-pyrrole nitrogens is 1. The van der Waals surface area contributed by atoms with Crippen LogP contribution in [-0.4, -0.2) is 4.98 Å². The molecule has 0 aliphatic carbocycles. The first-order valence-electron chi connectivity index (χ1n) is 3.30. The predicted molar refractivity (Wildman–Crippen MR) is 45.9 cm³/mol. The normalized spacial score (nSPS) is 10.9. The number of hydrogen-bond donors (Lipinski definition) is 1. The Kier molecular flexibility index (Phi) is 1.65. The van der Waals surface area contributed by atoms with Gasteiger partial charge in [-0.15, -0.1) is 0 Å². The van der Waals surface area contributed by atoms with Gasteiger partial charge in [0.2, 0.25) is 0 Å². The number of hydrogen-bond acceptors (Lipinski definition) is 0. The summed E-state index contributed by atoms with van der Waals surface area (Å²) in [6.45, 7) is 0. The van der Waals surface area contributed by atoms with Gasteiger partial charge >= 0.3 is 0 Å². The molecule has 0 atom stereocenters. The Bertz CT molecular complexity index is 436. The van der Waals surface area contributed by atoms with Crippen molar-refractivity contribution in [2.75, 3.05) is 0 Å². The minimum absolute atomic E-state index is 0.584. The van der Waals surface area contributed by atoms with E-state index in [1.165, 1.54) is 0 Å². The molecule has 0 aliphatic rings. The van der Waals surface area contributed by atoms with Gasteiger partial charge in [-0.05, 0) is 22.0 Å². The van der Waals surface area contributed by atoms with E-state index >= 15 is 0 Å². The van der Waals surface area contributed by atoms with Gasteiger partial charge in [-0.3, -0.25) is 0 Å². The maximum atomic E-state index is 12.7. The standard InChI is InChI=1S/C8H4BrF2N/c9-5-3-12-8-2-7(11)6(10)1-4(5)8/h1-3,12H. The van der Waals surface area contributed by atoms with Crippen LogP contribution in [-0.2, 0) is 0 Å². The van der Waals surface area contributed by atoms with Crippen LogP contribution in [0.5, 0.6) is 0 Å². The van der Waals surface area contributed by atoms with Crippen LogP contribution in [0, 0.1) is 11.6 Å². The Hall–Kier alpha value is -0.900. The van der Waals surface area contributed by atoms with E-state index in [-0.39, 0.29) is 0 Å². The van der Waals surface area contributed by atoms with Crippen molar-refractivity contribution >= 4 is 26.8 Å². The zero-order valence-corrected chi connectivity index (χ0v) is 7.45. The van der Waals surface area contributed by atoms with Crippen LogP contribution in [0.3, 0.4) is 0 Å². The third-order valence-corrected chi connectivity index (χ3v) is 2.33. The highest BCUT2D eigenvalue weighted by Crippen LogP contribution is 2.25. The number of fused-ring (bicyclic) bond motifs is 1. The van der Waals surface area contributed by atoms with Gasteiger partial charge in [0.15, 0.2) is 11.6 Å². The molecule has 0 saturated carbocycles. The maximum absolute atomic E-state index is 12.7. The summed E-state index contributed by atoms with van der Waals surface area (Å²) in [5, 5.41) is 0.647. The first-order chi connectivity index (χ1) is 5.68. The summed E-state index contributed by atoms with van der Waals surface area (Å²) >= 11 is 3.21. The van der Waals surface area contributed by atoms with E-state index in [9.17, 15) is 8.78 Å². The van der Waals surface area contributed by atoms with E-state index in [4.69, 9.17) is 0 Å². The molecule has 62 valence electrons. The average molecular weight is 232 g/mol. The molecule has 0 bridgehead atoms. The zero-order chi connectivity index (χ0) is 8.72. The van der Waals surface area contributed by atoms with E-state index in [1.807, 2.05) is 0 Å². The van der Waals surface area contributed by atoms with Crippen LogP contribution in [0.25, 0.3) is 10.9 Å². The number of aromatic amines is 1. The van der Waals surface area contributed by atoms with Gasteiger partial charge in [0.25, 0.3) is 0 Å². The summed E-state index contributed by atoms with van der Waals surface area (Å²) < 4.78 is 26.1. The second-order valence-electron chi connectivity index (χ2n) is 2.45. The number of rotatable bonds is 0. The highest BCUT2D eigenvalue weighted by molar-refractivity contribution is 9.10. The molecule has 0 unspecified atom stereocenters. The van der Waals surface area contributed by atoms with Crippen molar-refractivity contribution in [3.8, 4) is 0 Å². The van der Waals surface area contributed by atoms with E-state index in [0.717, 1.165) is 16.6 Å². The summed E-state index contributed by atoms with van der Waals surface area (Å²) in [6, 6.07) is 2.29. The minimum atomic E-state index is -0.836. The largest absolute Gasteiger partial charge is 0.360 e. The molecule has 0 aliphatic heterocycles. The molecule has 4 heteroatoms. The SMILES string of the molecule is Fc1cc2[nH]cc(Br)c2cc1F. The van der Waals surface area contributed by atoms with E-state index in [1.54, 1.807) is 6.20 Å². The molecule has 1 aromatic heterocycles. The topological polar surface area (TPSA) is 15.8 Å². The number of halogens is 3. The smallest absolute Gasteiger partial charge is 0.160 e. The Morgan fingerprint density at radius 2 is 1.83 bits per heavy atom. The lowest BCUT2D eigenvalue weighted by molar-refractivity contribution is 0.511. The number of nitrogens with one attached hydrogen (secondary N) is 1. The molecule has 1 heterocycles. The van der Waals surface area contributed by atoms with Crippen molar-refractivity contribution in [3.63, 3.8) is 0 Å². The van der Waals surface area contributed by atoms with Crippen molar-refractivity contribution in [1.82, 2.24) is 4.98 Å². The molecule has 2 aromatic rings. The van der Waals surface area contributed by atoms with Gasteiger partial charge in [0, 0.05) is 27.6 Å². The van der Waals surface area contributed by atoms with Gasteiger partial charge in [0.05, 0.1) is 0 Å². The molecule has 1 aromatic carbocycles. The van der Waals surface area contributed by atoms with E-state index in [2.05, 4.69) is 20.9 Å². The molecule has 0 amide bonds. The number of aromatic nitrogens is 1. The quantitative estimate of drug-likeness (QED) is 0.717. The fourth-order valence-electron chi connectivity index (χ4n) is 1.08. The van der Waals surface area contributed by atoms with Crippen LogP contribution >= 0.6 is 15.9 Å². The van der Waals surface area contributed by atoms with Gasteiger partial charge in [-0.1, -0.05) is 0 Å². The monoisotopic (exact) mass is 231 g/mol. The Labute approximate surface area is 75.5 Å². The van der Waals surface area contributed by atoms with Gasteiger partial charge in [0.1, 0.15) is 0 Å². The lowest BCUT2D eigenvalue weighted by Gasteiger charge is -1.93. The fourth-order valence-corrected chi connectivity index (χ4v) is 1.53. The molecular formula is C8H4BrF2N. The average Bonchev–Trinajstić information content (AvgIpc) is 2.35. The highest BCUT2D eigenvalue weighted by Gasteiger charge is 2.06. The summed E-state index contributed by atoms with van der Waals surface area (Å²) in [5.74, 6) is -1.67. The predicted octanol–water partition coefficient (Wildman–Crippen LogP) is 3.21.